The monoisotopic (exact) mass is 634 g/mol. The first kappa shape index (κ1) is 38.2. The zero-order valence-corrected chi connectivity index (χ0v) is 26.7. The third-order valence-corrected chi connectivity index (χ3v) is 7.40. The van der Waals surface area contributed by atoms with Gasteiger partial charge in [0.1, 0.15) is 0 Å². The fourth-order valence-corrected chi connectivity index (χ4v) is 4.84. The minimum absolute atomic E-state index is 0.192. The summed E-state index contributed by atoms with van der Waals surface area (Å²) in [4.78, 5) is 46.1. The number of carbonyl (C=O) groups is 4. The molecule has 0 fully saturated rings. The van der Waals surface area contributed by atoms with E-state index in [1.54, 1.807) is 33.4 Å². The SMILES string of the molecule is CCCCCS/C=C/C(=O)OCCCOC(=O)/C=C/SCCCCS/C=C\C(=O)OCCCOC(=O)/C=C\SC. The van der Waals surface area contributed by atoms with Gasteiger partial charge in [-0.05, 0) is 64.4 Å². The summed E-state index contributed by atoms with van der Waals surface area (Å²) < 4.78 is 20.1. The summed E-state index contributed by atoms with van der Waals surface area (Å²) in [6, 6.07) is 0. The molecule has 0 rings (SSSR count). The van der Waals surface area contributed by atoms with Crippen LogP contribution in [0.3, 0.4) is 0 Å². The van der Waals surface area contributed by atoms with Gasteiger partial charge in [-0.15, -0.1) is 47.0 Å². The minimum atomic E-state index is -0.422. The molecule has 226 valence electrons. The van der Waals surface area contributed by atoms with E-state index in [9.17, 15) is 19.2 Å². The topological polar surface area (TPSA) is 105 Å². The largest absolute Gasteiger partial charge is 0.462 e. The maximum atomic E-state index is 11.7. The molecule has 0 unspecified atom stereocenters. The molecule has 0 aliphatic rings. The zero-order chi connectivity index (χ0) is 29.5. The molecule has 40 heavy (non-hydrogen) atoms. The standard InChI is InChI=1S/C28H42O8S4/c1-3-4-5-18-38-22-11-26(30)35-16-9-17-36-28(32)13-24-40-20-7-6-19-39-23-12-27(31)34-15-8-14-33-25(29)10-21-37-2/h10-13,21-24H,3-9,14-20H2,1-2H3/b21-10-,22-11+,23-12-,24-13+. The van der Waals surface area contributed by atoms with Crippen molar-refractivity contribution in [3.8, 4) is 0 Å². The second kappa shape index (κ2) is 30.2. The molecule has 0 atom stereocenters. The van der Waals surface area contributed by atoms with E-state index >= 15 is 0 Å². The van der Waals surface area contributed by atoms with E-state index in [2.05, 4.69) is 6.92 Å². The van der Waals surface area contributed by atoms with Crippen LogP contribution in [-0.4, -0.2) is 73.8 Å². The average Bonchev–Trinajstić information content (AvgIpc) is 2.94. The Morgan fingerprint density at radius 3 is 1.15 bits per heavy atom. The molecule has 0 saturated carbocycles. The molecule has 0 saturated heterocycles. The molecule has 0 radical (unpaired) electrons. The lowest BCUT2D eigenvalue weighted by Gasteiger charge is -2.03. The quantitative estimate of drug-likeness (QED) is 0.0472. The van der Waals surface area contributed by atoms with Crippen LogP contribution in [0.5, 0.6) is 0 Å². The highest BCUT2D eigenvalue weighted by Crippen LogP contribution is 2.11. The Kier molecular flexibility index (Phi) is 28.9. The fourth-order valence-electron chi connectivity index (χ4n) is 2.45. The van der Waals surface area contributed by atoms with Crippen molar-refractivity contribution in [1.29, 1.82) is 0 Å². The highest BCUT2D eigenvalue weighted by atomic mass is 32.2. The van der Waals surface area contributed by atoms with Crippen LogP contribution in [0.4, 0.5) is 0 Å². The van der Waals surface area contributed by atoms with Gasteiger partial charge in [0.25, 0.3) is 0 Å². The zero-order valence-electron chi connectivity index (χ0n) is 23.4. The molecule has 0 N–H and O–H groups in total. The van der Waals surface area contributed by atoms with Gasteiger partial charge in [-0.1, -0.05) is 19.8 Å². The molecule has 0 aliphatic heterocycles. The van der Waals surface area contributed by atoms with Crippen molar-refractivity contribution >= 4 is 70.9 Å². The second-order valence-corrected chi connectivity index (χ2v) is 11.6. The first-order valence-electron chi connectivity index (χ1n) is 13.2. The predicted molar refractivity (Wildman–Crippen MR) is 169 cm³/mol. The van der Waals surface area contributed by atoms with Gasteiger partial charge in [0, 0.05) is 37.1 Å². The summed E-state index contributed by atoms with van der Waals surface area (Å²) in [5.41, 5.74) is 0. The predicted octanol–water partition coefficient (Wildman–Crippen LogP) is 6.53. The fraction of sp³-hybridized carbons (Fsp3) is 0.571. The molecule has 0 aromatic carbocycles. The maximum absolute atomic E-state index is 11.7. The van der Waals surface area contributed by atoms with E-state index in [0.717, 1.165) is 36.5 Å². The Morgan fingerprint density at radius 2 is 0.825 bits per heavy atom. The van der Waals surface area contributed by atoms with Gasteiger partial charge in [-0.2, -0.15) is 0 Å². The van der Waals surface area contributed by atoms with Gasteiger partial charge in [0.15, 0.2) is 0 Å². The first-order valence-corrected chi connectivity index (χ1v) is 17.6. The van der Waals surface area contributed by atoms with Gasteiger partial charge in [0.05, 0.1) is 26.4 Å². The first-order chi connectivity index (χ1) is 19.5. The van der Waals surface area contributed by atoms with E-state index in [-0.39, 0.29) is 32.4 Å². The van der Waals surface area contributed by atoms with Crippen molar-refractivity contribution in [2.24, 2.45) is 0 Å². The van der Waals surface area contributed by atoms with E-state index in [1.165, 1.54) is 72.4 Å². The van der Waals surface area contributed by atoms with Crippen LogP contribution in [0.25, 0.3) is 0 Å². The third-order valence-electron chi connectivity index (χ3n) is 4.44. The molecule has 0 amide bonds. The van der Waals surface area contributed by atoms with Crippen LogP contribution >= 0.6 is 47.0 Å². The van der Waals surface area contributed by atoms with Crippen LogP contribution in [0.2, 0.25) is 0 Å². The van der Waals surface area contributed by atoms with Crippen LogP contribution in [-0.2, 0) is 38.1 Å². The lowest BCUT2D eigenvalue weighted by atomic mass is 10.3. The van der Waals surface area contributed by atoms with E-state index in [1.807, 2.05) is 6.26 Å². The van der Waals surface area contributed by atoms with E-state index in [0.29, 0.717) is 12.8 Å². The van der Waals surface area contributed by atoms with E-state index < -0.39 is 17.9 Å². The number of carbonyl (C=O) groups excluding carboxylic acids is 4. The van der Waals surface area contributed by atoms with Crippen molar-refractivity contribution in [2.75, 3.05) is 49.9 Å². The number of thioether (sulfide) groups is 4. The van der Waals surface area contributed by atoms with Crippen molar-refractivity contribution in [2.45, 2.75) is 51.9 Å². The van der Waals surface area contributed by atoms with Gasteiger partial charge < -0.3 is 18.9 Å². The number of esters is 4. The summed E-state index contributed by atoms with van der Waals surface area (Å²) in [5.74, 6) is 1.10. The summed E-state index contributed by atoms with van der Waals surface area (Å²) in [5, 5.41) is 6.83. The van der Waals surface area contributed by atoms with Gasteiger partial charge in [-0.3, -0.25) is 0 Å². The Bertz CT molecular complexity index is 812. The summed E-state index contributed by atoms with van der Waals surface area (Å²) in [6.07, 6.45) is 13.8. The summed E-state index contributed by atoms with van der Waals surface area (Å²) >= 11 is 6.07. The molecule has 12 heteroatoms. The average molecular weight is 635 g/mol. The van der Waals surface area contributed by atoms with Crippen LogP contribution < -0.4 is 0 Å². The van der Waals surface area contributed by atoms with Gasteiger partial charge in [0.2, 0.25) is 0 Å². The van der Waals surface area contributed by atoms with Crippen LogP contribution in [0.15, 0.2) is 45.9 Å². The van der Waals surface area contributed by atoms with Crippen molar-refractivity contribution in [3.05, 3.63) is 45.9 Å². The minimum Gasteiger partial charge on any atom is -0.462 e. The molecule has 0 spiro atoms. The second-order valence-electron chi connectivity index (χ2n) is 7.85. The molecule has 0 aromatic heterocycles. The van der Waals surface area contributed by atoms with Gasteiger partial charge >= 0.3 is 23.9 Å². The van der Waals surface area contributed by atoms with Crippen LogP contribution in [0, 0.1) is 0 Å². The van der Waals surface area contributed by atoms with Crippen molar-refractivity contribution in [3.63, 3.8) is 0 Å². The molecule has 0 heterocycles. The van der Waals surface area contributed by atoms with E-state index in [4.69, 9.17) is 18.9 Å². The molecular weight excluding hydrogens is 593 g/mol. The Morgan fingerprint density at radius 1 is 0.500 bits per heavy atom. The van der Waals surface area contributed by atoms with Gasteiger partial charge in [-0.25, -0.2) is 19.2 Å². The molecule has 0 aromatic rings. The number of rotatable bonds is 25. The van der Waals surface area contributed by atoms with Crippen molar-refractivity contribution in [1.82, 2.24) is 0 Å². The molecule has 8 nitrogen and oxygen atoms in total. The number of ether oxygens (including phenoxy) is 4. The van der Waals surface area contributed by atoms with Crippen LogP contribution in [0.1, 0.15) is 51.9 Å². The summed E-state index contributed by atoms with van der Waals surface area (Å²) in [6.45, 7) is 2.95. The lowest BCUT2D eigenvalue weighted by molar-refractivity contribution is -0.142. The summed E-state index contributed by atoms with van der Waals surface area (Å²) in [7, 11) is 0. The highest BCUT2D eigenvalue weighted by molar-refractivity contribution is 8.02. The lowest BCUT2D eigenvalue weighted by Crippen LogP contribution is -2.08. The Balaban J connectivity index is 3.57. The molecule has 0 bridgehead atoms. The Labute approximate surface area is 255 Å². The Hall–Kier alpha value is -1.76. The highest BCUT2D eigenvalue weighted by Gasteiger charge is 2.01. The smallest absolute Gasteiger partial charge is 0.331 e. The number of hydrogen-bond acceptors (Lipinski definition) is 12. The molecule has 0 aliphatic carbocycles. The number of hydrogen-bond donors (Lipinski definition) is 0. The number of unbranched alkanes of at least 4 members (excludes halogenated alkanes) is 3. The molecular formula is C28H42O8S4. The normalized spacial score (nSPS) is 11.6. The van der Waals surface area contributed by atoms with Crippen molar-refractivity contribution < 1.29 is 38.1 Å². The third kappa shape index (κ3) is 29.2. The maximum Gasteiger partial charge on any atom is 0.331 e.